The van der Waals surface area contributed by atoms with Crippen molar-refractivity contribution >= 4 is 23.1 Å². The number of nitrogens with zero attached hydrogens (tertiary/aromatic N) is 2. The van der Waals surface area contributed by atoms with E-state index in [0.717, 1.165) is 0 Å². The Balaban J connectivity index is 2.57. The van der Waals surface area contributed by atoms with E-state index < -0.39 is 10.3 Å². The number of oxime groups is 1. The third-order valence-electron chi connectivity index (χ3n) is 3.13. The molecule has 0 atom stereocenters. The molecule has 1 aromatic rings. The van der Waals surface area contributed by atoms with E-state index in [4.69, 9.17) is 27.3 Å². The number of halogens is 1. The minimum absolute atomic E-state index is 0.0774. The second kappa shape index (κ2) is 7.12. The van der Waals surface area contributed by atoms with Crippen LogP contribution in [0.5, 0.6) is 5.75 Å². The molecule has 1 aromatic carbocycles. The number of benzene rings is 1. The fraction of sp³-hybridized carbons (Fsp3) is 0.462. The molecule has 0 unspecified atom stereocenters. The van der Waals surface area contributed by atoms with Gasteiger partial charge in [-0.1, -0.05) is 30.6 Å². The minimum Gasteiger partial charge on any atom is -0.492 e. The molecule has 0 amide bonds. The summed E-state index contributed by atoms with van der Waals surface area (Å²) < 4.78 is 5.46. The van der Waals surface area contributed by atoms with Gasteiger partial charge < -0.3 is 15.7 Å². The minimum atomic E-state index is -0.509. The molecule has 0 saturated carbocycles. The van der Waals surface area contributed by atoms with Crippen LogP contribution in [0.25, 0.3) is 0 Å². The summed E-state index contributed by atoms with van der Waals surface area (Å²) in [4.78, 5) is 10.2. The van der Waals surface area contributed by atoms with Gasteiger partial charge in [-0.05, 0) is 18.9 Å². The predicted molar refractivity (Wildman–Crippen MR) is 80.0 cm³/mol. The van der Waals surface area contributed by atoms with Gasteiger partial charge in [0.1, 0.15) is 11.6 Å². The maximum atomic E-state index is 10.7. The summed E-state index contributed by atoms with van der Waals surface area (Å²) in [6.07, 6.45) is 1.26. The van der Waals surface area contributed by atoms with Crippen molar-refractivity contribution in [2.45, 2.75) is 26.7 Å². The van der Waals surface area contributed by atoms with Gasteiger partial charge in [-0.3, -0.25) is 10.1 Å². The van der Waals surface area contributed by atoms with Gasteiger partial charge in [0.2, 0.25) is 0 Å². The highest BCUT2D eigenvalue weighted by atomic mass is 35.5. The maximum absolute atomic E-state index is 10.7. The summed E-state index contributed by atoms with van der Waals surface area (Å²) in [5.74, 6) is 0.420. The maximum Gasteiger partial charge on any atom is 0.273 e. The molecule has 0 aromatic heterocycles. The quantitative estimate of drug-likeness (QED) is 0.200. The number of ether oxygens (including phenoxy) is 1. The lowest BCUT2D eigenvalue weighted by Crippen LogP contribution is -2.32. The van der Waals surface area contributed by atoms with Gasteiger partial charge in [0.15, 0.2) is 0 Å². The van der Waals surface area contributed by atoms with E-state index in [1.807, 2.05) is 13.8 Å². The third-order valence-corrected chi connectivity index (χ3v) is 3.44. The zero-order valence-corrected chi connectivity index (χ0v) is 12.6. The highest BCUT2D eigenvalue weighted by Gasteiger charge is 2.23. The molecule has 3 N–H and O–H groups in total. The van der Waals surface area contributed by atoms with Crippen LogP contribution in [-0.4, -0.2) is 22.6 Å². The molecule has 8 heteroatoms. The van der Waals surface area contributed by atoms with Crippen LogP contribution >= 0.6 is 11.6 Å². The monoisotopic (exact) mass is 315 g/mol. The van der Waals surface area contributed by atoms with E-state index in [1.165, 1.54) is 18.2 Å². The van der Waals surface area contributed by atoms with Crippen molar-refractivity contribution in [3.05, 3.63) is 33.3 Å². The zero-order chi connectivity index (χ0) is 16.0. The summed E-state index contributed by atoms with van der Waals surface area (Å²) in [5.41, 5.74) is 5.05. The van der Waals surface area contributed by atoms with Crippen LogP contribution in [0.3, 0.4) is 0 Å². The number of non-ortho nitro benzene ring substituents is 1. The average molecular weight is 316 g/mol. The van der Waals surface area contributed by atoms with Crippen molar-refractivity contribution in [3.8, 4) is 5.75 Å². The predicted octanol–water partition coefficient (Wildman–Crippen LogP) is 3.18. The molecule has 1 rings (SSSR count). The van der Waals surface area contributed by atoms with E-state index in [2.05, 4.69) is 5.16 Å². The van der Waals surface area contributed by atoms with Crippen LogP contribution < -0.4 is 10.5 Å². The number of nitro benzene ring substituents is 1. The largest absolute Gasteiger partial charge is 0.492 e. The standard InChI is InChI=1S/C13H18ClN3O4/c1-13(2,12(15)16-18)6-3-7-21-11-8-9(17(19)20)4-5-10(11)14/h4-5,8,18H,3,6-7H2,1-2H3,(H2,15,16). The second-order valence-corrected chi connectivity index (χ2v) is 5.60. The van der Waals surface area contributed by atoms with E-state index in [0.29, 0.717) is 24.5 Å². The molecule has 0 saturated heterocycles. The first kappa shape index (κ1) is 17.0. The van der Waals surface area contributed by atoms with Crippen LogP contribution in [-0.2, 0) is 0 Å². The molecule has 0 aliphatic heterocycles. The zero-order valence-electron chi connectivity index (χ0n) is 11.9. The molecule has 0 bridgehead atoms. The number of amidine groups is 1. The Morgan fingerprint density at radius 2 is 2.24 bits per heavy atom. The molecule has 7 nitrogen and oxygen atoms in total. The van der Waals surface area contributed by atoms with E-state index in [-0.39, 0.29) is 17.3 Å². The van der Waals surface area contributed by atoms with Gasteiger partial charge in [0, 0.05) is 11.5 Å². The summed E-state index contributed by atoms with van der Waals surface area (Å²) in [6.45, 7) is 4.02. The Hall–Kier alpha value is -2.02. The summed E-state index contributed by atoms with van der Waals surface area (Å²) in [6, 6.07) is 4.03. The Labute approximate surface area is 127 Å². The van der Waals surface area contributed by atoms with Gasteiger partial charge >= 0.3 is 0 Å². The van der Waals surface area contributed by atoms with Gasteiger partial charge in [0.25, 0.3) is 5.69 Å². The Bertz CT molecular complexity index is 546. The van der Waals surface area contributed by atoms with Crippen LogP contribution in [0.15, 0.2) is 23.4 Å². The number of hydrogen-bond donors (Lipinski definition) is 2. The van der Waals surface area contributed by atoms with Gasteiger partial charge in [0.05, 0.1) is 22.6 Å². The smallest absolute Gasteiger partial charge is 0.273 e. The van der Waals surface area contributed by atoms with Gasteiger partial charge in [-0.15, -0.1) is 0 Å². The summed E-state index contributed by atoms with van der Waals surface area (Å²) >= 11 is 5.92. The first-order chi connectivity index (χ1) is 9.77. The number of rotatable bonds is 7. The third kappa shape index (κ3) is 4.78. The van der Waals surface area contributed by atoms with Gasteiger partial charge in [-0.25, -0.2) is 0 Å². The average Bonchev–Trinajstić information content (AvgIpc) is 2.43. The molecule has 0 aliphatic rings. The lowest BCUT2D eigenvalue weighted by atomic mass is 9.87. The summed E-state index contributed by atoms with van der Waals surface area (Å²) in [7, 11) is 0. The molecule has 21 heavy (non-hydrogen) atoms. The van der Waals surface area contributed by atoms with Crippen molar-refractivity contribution in [1.29, 1.82) is 0 Å². The van der Waals surface area contributed by atoms with Crippen molar-refractivity contribution in [2.24, 2.45) is 16.3 Å². The van der Waals surface area contributed by atoms with E-state index in [9.17, 15) is 10.1 Å². The van der Waals surface area contributed by atoms with E-state index >= 15 is 0 Å². The Kier molecular flexibility index (Phi) is 5.78. The molecule has 0 aliphatic carbocycles. The molecule has 116 valence electrons. The highest BCUT2D eigenvalue weighted by molar-refractivity contribution is 6.32. The Morgan fingerprint density at radius 1 is 1.57 bits per heavy atom. The topological polar surface area (TPSA) is 111 Å². The van der Waals surface area contributed by atoms with Crippen LogP contribution in [0.2, 0.25) is 5.02 Å². The molecule has 0 radical (unpaired) electrons. The highest BCUT2D eigenvalue weighted by Crippen LogP contribution is 2.29. The second-order valence-electron chi connectivity index (χ2n) is 5.19. The van der Waals surface area contributed by atoms with Gasteiger partial charge in [-0.2, -0.15) is 0 Å². The molecular formula is C13H18ClN3O4. The summed E-state index contributed by atoms with van der Waals surface area (Å²) in [5, 5.41) is 22.7. The van der Waals surface area contributed by atoms with Crippen LogP contribution in [0, 0.1) is 15.5 Å². The fourth-order valence-corrected chi connectivity index (χ4v) is 1.85. The van der Waals surface area contributed by atoms with E-state index in [1.54, 1.807) is 0 Å². The van der Waals surface area contributed by atoms with Crippen molar-refractivity contribution < 1.29 is 14.9 Å². The lowest BCUT2D eigenvalue weighted by molar-refractivity contribution is -0.384. The fourth-order valence-electron chi connectivity index (χ4n) is 1.68. The van der Waals surface area contributed by atoms with Crippen LogP contribution in [0.4, 0.5) is 5.69 Å². The van der Waals surface area contributed by atoms with Crippen molar-refractivity contribution in [1.82, 2.24) is 0 Å². The number of nitrogens with two attached hydrogens (primary N) is 1. The normalized spacial score (nSPS) is 12.2. The molecule has 0 heterocycles. The molecular weight excluding hydrogens is 298 g/mol. The molecule has 0 spiro atoms. The SMILES string of the molecule is CC(C)(CCCOc1cc([N+](=O)[O-])ccc1Cl)C(N)=NO. The van der Waals surface area contributed by atoms with Crippen molar-refractivity contribution in [2.75, 3.05) is 6.61 Å². The first-order valence-electron chi connectivity index (χ1n) is 6.32. The lowest BCUT2D eigenvalue weighted by Gasteiger charge is -2.22. The first-order valence-corrected chi connectivity index (χ1v) is 6.70. The number of hydrogen-bond acceptors (Lipinski definition) is 5. The Morgan fingerprint density at radius 3 is 2.81 bits per heavy atom. The van der Waals surface area contributed by atoms with Crippen LogP contribution in [0.1, 0.15) is 26.7 Å². The van der Waals surface area contributed by atoms with Crippen molar-refractivity contribution in [3.63, 3.8) is 0 Å². The number of nitro groups is 1. The molecule has 0 fully saturated rings.